The Hall–Kier alpha value is -3.52. The zero-order valence-corrected chi connectivity index (χ0v) is 18.0. The summed E-state index contributed by atoms with van der Waals surface area (Å²) in [7, 11) is 2.04. The molecule has 1 fully saturated rings. The Bertz CT molecular complexity index is 1220. The van der Waals surface area contributed by atoms with Crippen molar-refractivity contribution in [3.8, 4) is 11.4 Å². The molecular weight excluding hydrogens is 406 g/mol. The molecule has 0 saturated carbocycles. The van der Waals surface area contributed by atoms with E-state index < -0.39 is 0 Å². The van der Waals surface area contributed by atoms with Crippen molar-refractivity contribution in [1.82, 2.24) is 24.6 Å². The van der Waals surface area contributed by atoms with Gasteiger partial charge in [-0.25, -0.2) is 4.98 Å². The second kappa shape index (κ2) is 8.92. The topological polar surface area (TPSA) is 86.3 Å². The molecule has 1 unspecified atom stereocenters. The zero-order chi connectivity index (χ0) is 21.9. The number of hydrogen-bond acceptors (Lipinski definition) is 6. The molecule has 8 nitrogen and oxygen atoms in total. The molecule has 1 amide bonds. The van der Waals surface area contributed by atoms with Crippen LogP contribution in [0.15, 0.2) is 59.1 Å². The standard InChI is InChI=1S/C24H25N5O3/c1-28-20-12-6-5-11-19(20)25-24(28)18-10-7-13-29(14-18)22(30)16-31-15-21-26-23(27-32-21)17-8-3-2-4-9-17/h2-6,8-9,11-12,18H,7,10,13-16H2,1H3. The van der Waals surface area contributed by atoms with Crippen LogP contribution >= 0.6 is 0 Å². The molecule has 5 rings (SSSR count). The van der Waals surface area contributed by atoms with E-state index in [4.69, 9.17) is 14.2 Å². The van der Waals surface area contributed by atoms with Crippen molar-refractivity contribution >= 4 is 16.9 Å². The van der Waals surface area contributed by atoms with Crippen molar-refractivity contribution in [3.05, 3.63) is 66.3 Å². The van der Waals surface area contributed by atoms with Gasteiger partial charge in [-0.15, -0.1) is 0 Å². The lowest BCUT2D eigenvalue weighted by atomic mass is 9.97. The molecule has 1 atom stereocenters. The highest BCUT2D eigenvalue weighted by atomic mass is 16.5. The van der Waals surface area contributed by atoms with Crippen molar-refractivity contribution in [2.24, 2.45) is 7.05 Å². The summed E-state index contributed by atoms with van der Waals surface area (Å²) in [4.78, 5) is 23.8. The van der Waals surface area contributed by atoms with Crippen molar-refractivity contribution in [3.63, 3.8) is 0 Å². The molecule has 3 heterocycles. The molecule has 4 aromatic rings. The first kappa shape index (κ1) is 20.4. The van der Waals surface area contributed by atoms with Crippen LogP contribution < -0.4 is 0 Å². The Kier molecular flexibility index (Phi) is 5.68. The van der Waals surface area contributed by atoms with Crippen LogP contribution in [0.4, 0.5) is 0 Å². The first-order valence-electron chi connectivity index (χ1n) is 10.8. The van der Waals surface area contributed by atoms with E-state index in [-0.39, 0.29) is 25.0 Å². The van der Waals surface area contributed by atoms with E-state index in [0.717, 1.165) is 41.8 Å². The van der Waals surface area contributed by atoms with Crippen LogP contribution in [0.25, 0.3) is 22.4 Å². The molecule has 0 N–H and O–H groups in total. The lowest BCUT2D eigenvalue weighted by molar-refractivity contribution is -0.138. The van der Waals surface area contributed by atoms with Gasteiger partial charge < -0.3 is 18.7 Å². The van der Waals surface area contributed by atoms with Gasteiger partial charge in [0.25, 0.3) is 5.89 Å². The van der Waals surface area contributed by atoms with E-state index in [1.54, 1.807) is 0 Å². The third kappa shape index (κ3) is 4.13. The number of hydrogen-bond donors (Lipinski definition) is 0. The molecule has 0 radical (unpaired) electrons. The first-order chi connectivity index (χ1) is 15.7. The summed E-state index contributed by atoms with van der Waals surface area (Å²) < 4.78 is 13.0. The summed E-state index contributed by atoms with van der Waals surface area (Å²) in [5, 5.41) is 3.97. The van der Waals surface area contributed by atoms with Gasteiger partial charge in [0.15, 0.2) is 0 Å². The number of imidazole rings is 1. The maximum Gasteiger partial charge on any atom is 0.252 e. The van der Waals surface area contributed by atoms with E-state index in [9.17, 15) is 4.79 Å². The molecule has 2 aromatic carbocycles. The van der Waals surface area contributed by atoms with E-state index in [1.165, 1.54) is 0 Å². The molecule has 1 aliphatic rings. The summed E-state index contributed by atoms with van der Waals surface area (Å²) in [6.45, 7) is 1.48. The van der Waals surface area contributed by atoms with Crippen LogP contribution in [0.1, 0.15) is 30.5 Å². The lowest BCUT2D eigenvalue weighted by Crippen LogP contribution is -2.41. The highest BCUT2D eigenvalue weighted by Crippen LogP contribution is 2.28. The molecule has 1 saturated heterocycles. The summed E-state index contributed by atoms with van der Waals surface area (Å²) in [5.74, 6) is 2.08. The van der Waals surface area contributed by atoms with Gasteiger partial charge in [-0.2, -0.15) is 4.98 Å². The Balaban J connectivity index is 1.17. The van der Waals surface area contributed by atoms with E-state index in [2.05, 4.69) is 20.8 Å². The van der Waals surface area contributed by atoms with Gasteiger partial charge in [-0.1, -0.05) is 47.6 Å². The minimum Gasteiger partial charge on any atom is -0.362 e. The number of ether oxygens (including phenoxy) is 1. The number of aryl methyl sites for hydroxylation is 1. The van der Waals surface area contributed by atoms with Gasteiger partial charge in [0.1, 0.15) is 19.0 Å². The average Bonchev–Trinajstić information content (AvgIpc) is 3.45. The van der Waals surface area contributed by atoms with Crippen molar-refractivity contribution < 1.29 is 14.1 Å². The Labute approximate surface area is 185 Å². The van der Waals surface area contributed by atoms with E-state index in [1.807, 2.05) is 60.5 Å². The van der Waals surface area contributed by atoms with Crippen LogP contribution in [0, 0.1) is 0 Å². The summed E-state index contributed by atoms with van der Waals surface area (Å²) in [5.41, 5.74) is 2.98. The highest BCUT2D eigenvalue weighted by molar-refractivity contribution is 5.78. The van der Waals surface area contributed by atoms with Gasteiger partial charge in [0.2, 0.25) is 11.7 Å². The fourth-order valence-electron chi connectivity index (χ4n) is 4.28. The number of aromatic nitrogens is 4. The van der Waals surface area contributed by atoms with Crippen LogP contribution in [-0.2, 0) is 23.2 Å². The van der Waals surface area contributed by atoms with Gasteiger partial charge >= 0.3 is 0 Å². The quantitative estimate of drug-likeness (QED) is 0.464. The predicted molar refractivity (Wildman–Crippen MR) is 119 cm³/mol. The molecule has 1 aliphatic heterocycles. The van der Waals surface area contributed by atoms with Crippen LogP contribution in [-0.4, -0.2) is 50.2 Å². The summed E-state index contributed by atoms with van der Waals surface area (Å²) >= 11 is 0. The van der Waals surface area contributed by atoms with E-state index in [0.29, 0.717) is 18.3 Å². The monoisotopic (exact) mass is 431 g/mol. The average molecular weight is 431 g/mol. The Morgan fingerprint density at radius 2 is 1.94 bits per heavy atom. The van der Waals surface area contributed by atoms with Gasteiger partial charge in [-0.3, -0.25) is 4.79 Å². The minimum atomic E-state index is -0.0312. The smallest absolute Gasteiger partial charge is 0.252 e. The lowest BCUT2D eigenvalue weighted by Gasteiger charge is -2.32. The van der Waals surface area contributed by atoms with E-state index >= 15 is 0 Å². The number of amides is 1. The SMILES string of the molecule is Cn1c(C2CCCN(C(=O)COCc3nc(-c4ccccc4)no3)C2)nc2ccccc21. The van der Waals surface area contributed by atoms with Gasteiger partial charge in [-0.05, 0) is 25.0 Å². The van der Waals surface area contributed by atoms with Crippen molar-refractivity contribution in [2.75, 3.05) is 19.7 Å². The number of likely N-dealkylation sites (tertiary alicyclic amines) is 1. The largest absolute Gasteiger partial charge is 0.362 e. The van der Waals surface area contributed by atoms with Gasteiger partial charge in [0, 0.05) is 31.6 Å². The van der Waals surface area contributed by atoms with Gasteiger partial charge in [0.05, 0.1) is 11.0 Å². The molecule has 0 bridgehead atoms. The van der Waals surface area contributed by atoms with Crippen LogP contribution in [0.5, 0.6) is 0 Å². The molecule has 0 spiro atoms. The second-order valence-electron chi connectivity index (χ2n) is 8.07. The number of carbonyl (C=O) groups excluding carboxylic acids is 1. The predicted octanol–water partition coefficient (Wildman–Crippen LogP) is 3.55. The number of piperidine rings is 1. The summed E-state index contributed by atoms with van der Waals surface area (Å²) in [6, 6.07) is 17.7. The molecule has 8 heteroatoms. The summed E-state index contributed by atoms with van der Waals surface area (Å²) in [6.07, 6.45) is 1.97. The Morgan fingerprint density at radius 3 is 2.78 bits per heavy atom. The molecule has 2 aromatic heterocycles. The molecule has 32 heavy (non-hydrogen) atoms. The van der Waals surface area contributed by atoms with Crippen LogP contribution in [0.2, 0.25) is 0 Å². The van der Waals surface area contributed by atoms with Crippen LogP contribution in [0.3, 0.4) is 0 Å². The number of fused-ring (bicyclic) bond motifs is 1. The maximum absolute atomic E-state index is 12.8. The minimum absolute atomic E-state index is 0.0156. The second-order valence-corrected chi connectivity index (χ2v) is 8.07. The Morgan fingerprint density at radius 1 is 1.12 bits per heavy atom. The fraction of sp³-hybridized carbons (Fsp3) is 0.333. The first-order valence-corrected chi connectivity index (χ1v) is 10.8. The van der Waals surface area contributed by atoms with Crippen molar-refractivity contribution in [2.45, 2.75) is 25.4 Å². The number of carbonyl (C=O) groups is 1. The zero-order valence-electron chi connectivity index (χ0n) is 18.0. The molecule has 164 valence electrons. The van der Waals surface area contributed by atoms with Crippen molar-refractivity contribution in [1.29, 1.82) is 0 Å². The fourth-order valence-corrected chi connectivity index (χ4v) is 4.28. The maximum atomic E-state index is 12.8. The molecule has 0 aliphatic carbocycles. The number of benzene rings is 2. The highest BCUT2D eigenvalue weighted by Gasteiger charge is 2.28. The number of rotatable bonds is 6. The normalized spacial score (nSPS) is 16.5. The number of para-hydroxylation sites is 2. The molecular formula is C24H25N5O3. The third-order valence-corrected chi connectivity index (χ3v) is 5.91. The third-order valence-electron chi connectivity index (χ3n) is 5.91. The number of nitrogens with zero attached hydrogens (tertiary/aromatic N) is 5.